The highest BCUT2D eigenvalue weighted by molar-refractivity contribution is 7.86. The van der Waals surface area contributed by atoms with Crippen molar-refractivity contribution in [2.45, 2.75) is 0 Å². The molecule has 1 aliphatic heterocycles. The maximum atomic E-state index is 12.7. The van der Waals surface area contributed by atoms with Crippen LogP contribution in [0.25, 0.3) is 11.3 Å². The van der Waals surface area contributed by atoms with Gasteiger partial charge in [-0.3, -0.25) is 14.1 Å². The summed E-state index contributed by atoms with van der Waals surface area (Å²) in [4.78, 5) is 17.0. The number of hydrogen-bond acceptors (Lipinski definition) is 6. The fourth-order valence-corrected chi connectivity index (χ4v) is 4.31. The van der Waals surface area contributed by atoms with Gasteiger partial charge in [0, 0.05) is 37.2 Å². The van der Waals surface area contributed by atoms with E-state index in [0.29, 0.717) is 45.5 Å². The number of carbonyl (C=O) groups is 1. The molecule has 2 aromatic carbocycles. The van der Waals surface area contributed by atoms with Gasteiger partial charge in [0.1, 0.15) is 17.7 Å². The number of hydrogen-bond donors (Lipinski definition) is 1. The topological polar surface area (TPSA) is 105 Å². The van der Waals surface area contributed by atoms with Crippen LogP contribution in [0.1, 0.15) is 15.9 Å². The molecule has 1 saturated heterocycles. The predicted molar refractivity (Wildman–Crippen MR) is 133 cm³/mol. The number of nitrogens with one attached hydrogen (secondary N) is 1. The van der Waals surface area contributed by atoms with Gasteiger partial charge < -0.3 is 14.8 Å². The van der Waals surface area contributed by atoms with Crippen molar-refractivity contribution in [2.75, 3.05) is 42.9 Å². The Labute approximate surface area is 205 Å². The first kappa shape index (κ1) is 25.3. The van der Waals surface area contributed by atoms with Crippen molar-refractivity contribution in [3.8, 4) is 17.3 Å². The Morgan fingerprint density at radius 1 is 1.21 bits per heavy atom. The first-order valence-corrected chi connectivity index (χ1v) is 11.8. The normalized spacial score (nSPS) is 15.0. The summed E-state index contributed by atoms with van der Waals surface area (Å²) < 4.78 is 23.4. The molecule has 0 spiro atoms. The van der Waals surface area contributed by atoms with Crippen LogP contribution in [-0.4, -0.2) is 48.4 Å². The van der Waals surface area contributed by atoms with Crippen LogP contribution in [-0.2, 0) is 20.5 Å². The van der Waals surface area contributed by atoms with E-state index in [0.717, 1.165) is 5.69 Å². The molecule has 10 heteroatoms. The number of anilines is 2. The lowest BCUT2D eigenvalue weighted by atomic mass is 10.1. The third-order valence-corrected chi connectivity index (χ3v) is 6.32. The van der Waals surface area contributed by atoms with Gasteiger partial charge in [-0.2, -0.15) is 5.26 Å². The number of ether oxygens (including phenoxy) is 2. The zero-order chi connectivity index (χ0) is 24.5. The minimum atomic E-state index is -1.13. The van der Waals surface area contributed by atoms with Gasteiger partial charge in [-0.1, -0.05) is 11.6 Å². The Morgan fingerprint density at radius 3 is 2.62 bits per heavy atom. The Morgan fingerprint density at radius 2 is 1.94 bits per heavy atom. The van der Waals surface area contributed by atoms with Gasteiger partial charge in [-0.05, 0) is 54.6 Å². The Balaban J connectivity index is 0.00000103. The molecule has 2 heterocycles. The monoisotopic (exact) mass is 498 g/mol. The number of rotatable bonds is 4. The summed E-state index contributed by atoms with van der Waals surface area (Å²) in [5.41, 5.74) is 3.35. The summed E-state index contributed by atoms with van der Waals surface area (Å²) >= 11 is 6.31. The van der Waals surface area contributed by atoms with Crippen LogP contribution in [0, 0.1) is 11.3 Å². The summed E-state index contributed by atoms with van der Waals surface area (Å²) in [6.45, 7) is 0.732. The van der Waals surface area contributed by atoms with Crippen LogP contribution in [0.15, 0.2) is 60.8 Å². The third kappa shape index (κ3) is 6.40. The molecule has 1 unspecified atom stereocenters. The lowest BCUT2D eigenvalue weighted by Gasteiger charge is -2.27. The quantitative estimate of drug-likeness (QED) is 0.576. The standard InChI is InChI=1S/C22H17ClN4O3S.C2H6O/c23-20-6-3-17(12-19(20)21-11-15(13-24)7-8-25-21)26-22(28)16-1-4-18(5-2-16)27-14-30-9-10-31(27)29;1-3-2/h1-8,11-12H,9-10,14H2,(H,26,28);1-2H3. The van der Waals surface area contributed by atoms with E-state index in [1.54, 1.807) is 73.1 Å². The zero-order valence-electron chi connectivity index (χ0n) is 18.7. The van der Waals surface area contributed by atoms with E-state index in [1.165, 1.54) is 6.20 Å². The van der Waals surface area contributed by atoms with Crippen molar-refractivity contribution >= 4 is 39.9 Å². The van der Waals surface area contributed by atoms with Crippen LogP contribution in [0.2, 0.25) is 5.02 Å². The van der Waals surface area contributed by atoms with E-state index in [-0.39, 0.29) is 12.6 Å². The maximum Gasteiger partial charge on any atom is 0.255 e. The van der Waals surface area contributed by atoms with Crippen LogP contribution in [0.3, 0.4) is 0 Å². The van der Waals surface area contributed by atoms with Crippen molar-refractivity contribution in [3.63, 3.8) is 0 Å². The Kier molecular flexibility index (Phi) is 9.13. The maximum absolute atomic E-state index is 12.7. The molecule has 3 aromatic rings. The van der Waals surface area contributed by atoms with Gasteiger partial charge in [0.2, 0.25) is 0 Å². The molecule has 0 aliphatic carbocycles. The largest absolute Gasteiger partial charge is 0.388 e. The summed E-state index contributed by atoms with van der Waals surface area (Å²) in [5, 5.41) is 12.4. The SMILES string of the molecule is COC.N#Cc1ccnc(-c2cc(NC(=O)c3ccc(N4COCCS4=O)cc3)ccc2Cl)c1. The minimum Gasteiger partial charge on any atom is -0.388 e. The van der Waals surface area contributed by atoms with Crippen molar-refractivity contribution in [1.82, 2.24) is 4.98 Å². The van der Waals surface area contributed by atoms with Gasteiger partial charge in [-0.15, -0.1) is 0 Å². The van der Waals surface area contributed by atoms with E-state index in [2.05, 4.69) is 21.1 Å². The molecule has 176 valence electrons. The number of halogens is 1. The second-order valence-corrected chi connectivity index (χ2v) is 8.99. The molecular weight excluding hydrogens is 476 g/mol. The minimum absolute atomic E-state index is 0.257. The third-order valence-electron chi connectivity index (χ3n) is 4.66. The first-order valence-electron chi connectivity index (χ1n) is 10.2. The lowest BCUT2D eigenvalue weighted by molar-refractivity contribution is 0.102. The van der Waals surface area contributed by atoms with Crippen molar-refractivity contribution in [2.24, 2.45) is 0 Å². The predicted octanol–water partition coefficient (Wildman–Crippen LogP) is 4.25. The molecule has 4 rings (SSSR count). The molecule has 1 N–H and O–H groups in total. The van der Waals surface area contributed by atoms with E-state index in [4.69, 9.17) is 21.6 Å². The van der Waals surface area contributed by atoms with Gasteiger partial charge >= 0.3 is 0 Å². The van der Waals surface area contributed by atoms with Crippen molar-refractivity contribution in [1.29, 1.82) is 5.26 Å². The Hall–Kier alpha value is -3.29. The van der Waals surface area contributed by atoms with E-state index < -0.39 is 11.0 Å². The molecule has 1 fully saturated rings. The number of benzene rings is 2. The van der Waals surface area contributed by atoms with Crippen molar-refractivity contribution < 1.29 is 18.5 Å². The van der Waals surface area contributed by atoms with E-state index >= 15 is 0 Å². The molecule has 0 saturated carbocycles. The van der Waals surface area contributed by atoms with Crippen LogP contribution in [0.4, 0.5) is 11.4 Å². The number of amides is 1. The smallest absolute Gasteiger partial charge is 0.255 e. The van der Waals surface area contributed by atoms with Gasteiger partial charge in [0.05, 0.1) is 40.4 Å². The molecule has 8 nitrogen and oxygen atoms in total. The summed E-state index contributed by atoms with van der Waals surface area (Å²) in [7, 11) is 2.12. The summed E-state index contributed by atoms with van der Waals surface area (Å²) in [5.74, 6) is 0.155. The molecular formula is C24H23ClN4O4S. The van der Waals surface area contributed by atoms with Gasteiger partial charge in [0.15, 0.2) is 0 Å². The molecule has 1 amide bonds. The summed E-state index contributed by atoms with van der Waals surface area (Å²) in [6.07, 6.45) is 1.54. The van der Waals surface area contributed by atoms with E-state index in [9.17, 15) is 9.00 Å². The lowest BCUT2D eigenvalue weighted by Crippen LogP contribution is -2.36. The number of pyridine rings is 1. The second-order valence-electron chi connectivity index (χ2n) is 7.09. The van der Waals surface area contributed by atoms with Gasteiger partial charge in [-0.25, -0.2) is 4.21 Å². The molecule has 34 heavy (non-hydrogen) atoms. The molecule has 1 aliphatic rings. The number of methoxy groups -OCH3 is 1. The van der Waals surface area contributed by atoms with Crippen LogP contribution in [0.5, 0.6) is 0 Å². The molecule has 1 aromatic heterocycles. The second kappa shape index (κ2) is 12.3. The molecule has 1 atom stereocenters. The molecule has 0 bridgehead atoms. The highest BCUT2D eigenvalue weighted by atomic mass is 35.5. The highest BCUT2D eigenvalue weighted by Crippen LogP contribution is 2.30. The van der Waals surface area contributed by atoms with Gasteiger partial charge in [0.25, 0.3) is 5.91 Å². The number of nitriles is 1. The fourth-order valence-electron chi connectivity index (χ4n) is 3.07. The molecule has 0 radical (unpaired) electrons. The number of carbonyl (C=O) groups excluding carboxylic acids is 1. The average molecular weight is 499 g/mol. The fraction of sp³-hybridized carbons (Fsp3) is 0.208. The average Bonchev–Trinajstić information content (AvgIpc) is 2.86. The zero-order valence-corrected chi connectivity index (χ0v) is 20.2. The Bertz CT molecular complexity index is 1210. The van der Waals surface area contributed by atoms with E-state index in [1.807, 2.05) is 0 Å². The van der Waals surface area contributed by atoms with Crippen LogP contribution < -0.4 is 9.62 Å². The highest BCUT2D eigenvalue weighted by Gasteiger charge is 2.19. The first-order chi connectivity index (χ1) is 16.5. The number of nitrogens with zero attached hydrogens (tertiary/aromatic N) is 3. The van der Waals surface area contributed by atoms with Crippen molar-refractivity contribution in [3.05, 3.63) is 76.9 Å². The van der Waals surface area contributed by atoms with Crippen LogP contribution >= 0.6 is 11.6 Å². The summed E-state index contributed by atoms with van der Waals surface area (Å²) in [6, 6.07) is 17.2. The number of aromatic nitrogens is 1.